The molecule has 2 saturated heterocycles. The summed E-state index contributed by atoms with van der Waals surface area (Å²) in [4.78, 5) is 58.6. The third-order valence-corrected chi connectivity index (χ3v) is 6.98. The minimum Gasteiger partial charge on any atom is -0.442 e. The number of benzene rings is 1. The summed E-state index contributed by atoms with van der Waals surface area (Å²) >= 11 is 1.33. The molecule has 1 aromatic carbocycles. The minimum absolute atomic E-state index is 0.0232. The van der Waals surface area contributed by atoms with Gasteiger partial charge in [-0.15, -0.1) is 11.3 Å². The van der Waals surface area contributed by atoms with E-state index in [1.165, 1.54) is 21.1 Å². The average Bonchev–Trinajstić information content (AvgIpc) is 3.46. The lowest BCUT2D eigenvalue weighted by Crippen LogP contribution is -2.43. The Morgan fingerprint density at radius 3 is 2.36 bits per heavy atom. The molecule has 3 heterocycles. The second-order valence-electron chi connectivity index (χ2n) is 9.00. The minimum atomic E-state index is -0.661. The molecule has 4 rings (SSSR count). The fourth-order valence-electron chi connectivity index (χ4n) is 4.07. The Labute approximate surface area is 214 Å². The number of imide groups is 1. The number of rotatable bonds is 8. The van der Waals surface area contributed by atoms with Crippen molar-refractivity contribution in [2.75, 3.05) is 63.3 Å². The first-order valence-corrected chi connectivity index (χ1v) is 12.6. The Bertz CT molecular complexity index is 1130. The van der Waals surface area contributed by atoms with Crippen LogP contribution in [0, 0.1) is 6.92 Å². The summed E-state index contributed by atoms with van der Waals surface area (Å²) in [7, 11) is 3.72. The number of hydrogen-bond donors (Lipinski definition) is 0. The van der Waals surface area contributed by atoms with Gasteiger partial charge in [-0.05, 0) is 57.4 Å². The third-order valence-electron chi connectivity index (χ3n) is 5.99. The molecule has 4 amide bonds. The molecule has 2 aliphatic heterocycles. The molecule has 0 bridgehead atoms. The van der Waals surface area contributed by atoms with Gasteiger partial charge in [0.1, 0.15) is 12.7 Å². The van der Waals surface area contributed by atoms with Gasteiger partial charge < -0.3 is 19.3 Å². The first-order valence-electron chi connectivity index (χ1n) is 11.7. The maximum atomic E-state index is 13.2. The number of nitrogens with zero attached hydrogens (tertiary/aromatic N) is 4. The summed E-state index contributed by atoms with van der Waals surface area (Å²) in [5, 5.41) is 0. The van der Waals surface area contributed by atoms with Gasteiger partial charge in [0, 0.05) is 35.8 Å². The van der Waals surface area contributed by atoms with E-state index in [-0.39, 0.29) is 43.8 Å². The van der Waals surface area contributed by atoms with Crippen molar-refractivity contribution in [2.24, 2.45) is 0 Å². The average molecular weight is 515 g/mol. The molecule has 1 aromatic heterocycles. The van der Waals surface area contributed by atoms with Gasteiger partial charge in [-0.3, -0.25) is 24.2 Å². The van der Waals surface area contributed by atoms with Gasteiger partial charge in [0.15, 0.2) is 0 Å². The molecule has 2 fully saturated rings. The Balaban J connectivity index is 1.45. The van der Waals surface area contributed by atoms with Crippen LogP contribution in [0.5, 0.6) is 0 Å². The Hall–Kier alpha value is -3.28. The zero-order chi connectivity index (χ0) is 25.8. The van der Waals surface area contributed by atoms with E-state index in [0.29, 0.717) is 30.3 Å². The smallest absolute Gasteiger partial charge is 0.414 e. The van der Waals surface area contributed by atoms with Crippen LogP contribution in [0.1, 0.15) is 21.0 Å². The standard InChI is InChI=1S/C25H30N4O6S/c1-17-4-9-21(36-17)24(32)29(22(30)10-11-26(2)3)15-20-14-28(25(33)35-20)19-7-5-18(6-8-19)27-12-13-34-16-23(27)31/h4-9,20H,10-16H2,1-3H3/t20-/m1/s1. The molecule has 2 aliphatic rings. The predicted molar refractivity (Wildman–Crippen MR) is 135 cm³/mol. The molecule has 0 radical (unpaired) electrons. The number of carbonyl (C=O) groups is 4. The lowest BCUT2D eigenvalue weighted by molar-refractivity contribution is -0.129. The third kappa shape index (κ3) is 5.92. The normalized spacial score (nSPS) is 18.1. The lowest BCUT2D eigenvalue weighted by atomic mass is 10.2. The van der Waals surface area contributed by atoms with Crippen LogP contribution in [0.2, 0.25) is 0 Å². The molecule has 0 unspecified atom stereocenters. The number of carbonyl (C=O) groups excluding carboxylic acids is 4. The lowest BCUT2D eigenvalue weighted by Gasteiger charge is -2.27. The van der Waals surface area contributed by atoms with Crippen molar-refractivity contribution in [1.29, 1.82) is 0 Å². The van der Waals surface area contributed by atoms with Crippen molar-refractivity contribution >= 4 is 46.5 Å². The molecule has 0 N–H and O–H groups in total. The SMILES string of the molecule is Cc1ccc(C(=O)N(C[C@H]2CN(c3ccc(N4CCOCC4=O)cc3)C(=O)O2)C(=O)CCN(C)C)s1. The molecular weight excluding hydrogens is 484 g/mol. The molecule has 0 spiro atoms. The number of cyclic esters (lactones) is 1. The Kier molecular flexibility index (Phi) is 8.02. The van der Waals surface area contributed by atoms with E-state index >= 15 is 0 Å². The van der Waals surface area contributed by atoms with Crippen LogP contribution in [-0.4, -0.2) is 93.2 Å². The van der Waals surface area contributed by atoms with Crippen molar-refractivity contribution < 1.29 is 28.7 Å². The second-order valence-corrected chi connectivity index (χ2v) is 10.3. The zero-order valence-electron chi connectivity index (χ0n) is 20.6. The van der Waals surface area contributed by atoms with E-state index in [9.17, 15) is 19.2 Å². The second kappa shape index (κ2) is 11.2. The number of amides is 4. The Morgan fingerprint density at radius 1 is 1.06 bits per heavy atom. The highest BCUT2D eigenvalue weighted by Crippen LogP contribution is 2.27. The molecule has 10 nitrogen and oxygen atoms in total. The van der Waals surface area contributed by atoms with Crippen LogP contribution in [0.15, 0.2) is 36.4 Å². The van der Waals surface area contributed by atoms with E-state index in [0.717, 1.165) is 10.6 Å². The van der Waals surface area contributed by atoms with Crippen molar-refractivity contribution in [3.05, 3.63) is 46.2 Å². The fourth-order valence-corrected chi connectivity index (χ4v) is 4.89. The molecule has 1 atom stereocenters. The van der Waals surface area contributed by atoms with Crippen molar-refractivity contribution in [3.63, 3.8) is 0 Å². The number of ether oxygens (including phenoxy) is 2. The largest absolute Gasteiger partial charge is 0.442 e. The fraction of sp³-hybridized carbons (Fsp3) is 0.440. The highest BCUT2D eigenvalue weighted by molar-refractivity contribution is 7.14. The maximum Gasteiger partial charge on any atom is 0.414 e. The summed E-state index contributed by atoms with van der Waals surface area (Å²) < 4.78 is 10.7. The van der Waals surface area contributed by atoms with Gasteiger partial charge in [0.05, 0.1) is 24.6 Å². The van der Waals surface area contributed by atoms with Crippen LogP contribution in [0.25, 0.3) is 0 Å². The number of anilines is 2. The molecule has 192 valence electrons. The summed E-state index contributed by atoms with van der Waals surface area (Å²) in [5.41, 5.74) is 1.34. The number of thiophene rings is 1. The van der Waals surface area contributed by atoms with Crippen LogP contribution in [0.3, 0.4) is 0 Å². The van der Waals surface area contributed by atoms with E-state index in [1.54, 1.807) is 35.2 Å². The van der Waals surface area contributed by atoms with E-state index in [2.05, 4.69) is 0 Å². The predicted octanol–water partition coefficient (Wildman–Crippen LogP) is 2.37. The highest BCUT2D eigenvalue weighted by Gasteiger charge is 2.36. The van der Waals surface area contributed by atoms with Crippen molar-refractivity contribution in [1.82, 2.24) is 9.80 Å². The highest BCUT2D eigenvalue weighted by atomic mass is 32.1. The number of aryl methyl sites for hydroxylation is 1. The summed E-state index contributed by atoms with van der Waals surface area (Å²) in [5.74, 6) is -0.807. The van der Waals surface area contributed by atoms with Crippen molar-refractivity contribution in [2.45, 2.75) is 19.4 Å². The molecular formula is C25H30N4O6S. The molecule has 36 heavy (non-hydrogen) atoms. The van der Waals surface area contributed by atoms with E-state index in [1.807, 2.05) is 32.0 Å². The monoisotopic (exact) mass is 514 g/mol. The summed E-state index contributed by atoms with van der Waals surface area (Å²) in [6.45, 7) is 3.57. The first-order chi connectivity index (χ1) is 17.2. The van der Waals surface area contributed by atoms with Gasteiger partial charge in [-0.2, -0.15) is 0 Å². The molecule has 0 aliphatic carbocycles. The number of hydrogen-bond acceptors (Lipinski definition) is 8. The zero-order valence-corrected chi connectivity index (χ0v) is 21.5. The van der Waals surface area contributed by atoms with Gasteiger partial charge in [0.25, 0.3) is 11.8 Å². The first kappa shape index (κ1) is 25.8. The van der Waals surface area contributed by atoms with Gasteiger partial charge in [0.2, 0.25) is 5.91 Å². The Morgan fingerprint density at radius 2 is 1.75 bits per heavy atom. The topological polar surface area (TPSA) is 99.7 Å². The quantitative estimate of drug-likeness (QED) is 0.533. The van der Waals surface area contributed by atoms with Gasteiger partial charge >= 0.3 is 6.09 Å². The van der Waals surface area contributed by atoms with E-state index < -0.39 is 12.2 Å². The van der Waals surface area contributed by atoms with Crippen LogP contribution >= 0.6 is 11.3 Å². The van der Waals surface area contributed by atoms with Gasteiger partial charge in [-0.25, -0.2) is 4.79 Å². The van der Waals surface area contributed by atoms with Crippen LogP contribution in [-0.2, 0) is 19.1 Å². The van der Waals surface area contributed by atoms with Crippen molar-refractivity contribution in [3.8, 4) is 0 Å². The molecule has 2 aromatic rings. The van der Waals surface area contributed by atoms with Gasteiger partial charge in [-0.1, -0.05) is 0 Å². The summed E-state index contributed by atoms with van der Waals surface area (Å²) in [6, 6.07) is 10.6. The maximum absolute atomic E-state index is 13.2. The van der Waals surface area contributed by atoms with Crippen LogP contribution < -0.4 is 9.80 Å². The molecule has 11 heteroatoms. The van der Waals surface area contributed by atoms with Crippen LogP contribution in [0.4, 0.5) is 16.2 Å². The molecule has 0 saturated carbocycles. The van der Waals surface area contributed by atoms with E-state index in [4.69, 9.17) is 9.47 Å². The number of morpholine rings is 1. The summed E-state index contributed by atoms with van der Waals surface area (Å²) in [6.07, 6.45) is -1.03.